The van der Waals surface area contributed by atoms with Gasteiger partial charge in [-0.2, -0.15) is 0 Å². The van der Waals surface area contributed by atoms with Gasteiger partial charge in [-0.05, 0) is 33.0 Å². The van der Waals surface area contributed by atoms with E-state index < -0.39 is 0 Å². The second-order valence-electron chi connectivity index (χ2n) is 7.68. The van der Waals surface area contributed by atoms with Gasteiger partial charge in [-0.3, -0.25) is 4.90 Å². The number of aromatic nitrogens is 3. The van der Waals surface area contributed by atoms with Gasteiger partial charge in [-0.25, -0.2) is 4.68 Å². The summed E-state index contributed by atoms with van der Waals surface area (Å²) in [6.07, 6.45) is 4.50. The fourth-order valence-electron chi connectivity index (χ4n) is 3.49. The zero-order valence-electron chi connectivity index (χ0n) is 17.1. The Morgan fingerprint density at radius 1 is 1.04 bits per heavy atom. The lowest BCUT2D eigenvalue weighted by atomic mass is 9.77. The summed E-state index contributed by atoms with van der Waals surface area (Å²) < 4.78 is 23.7. The van der Waals surface area contributed by atoms with Gasteiger partial charge in [-0.1, -0.05) is 5.21 Å². The Morgan fingerprint density at radius 2 is 1.71 bits per heavy atom. The SMILES string of the molecule is CNCCOCCOCCOCCn1cc(CN2CCC3(CC2)COC3)nn1. The number of likely N-dealkylation sites (N-methyl/N-ethyl adjacent to an activating group) is 1. The second kappa shape index (κ2) is 11.8. The van der Waals surface area contributed by atoms with Crippen molar-refractivity contribution in [2.75, 3.05) is 79.5 Å². The Labute approximate surface area is 167 Å². The molecule has 2 saturated heterocycles. The van der Waals surface area contributed by atoms with E-state index in [1.807, 2.05) is 17.9 Å². The molecule has 160 valence electrons. The molecule has 0 atom stereocenters. The van der Waals surface area contributed by atoms with E-state index in [0.29, 0.717) is 51.6 Å². The van der Waals surface area contributed by atoms with Crippen LogP contribution in [0.5, 0.6) is 0 Å². The molecule has 0 aromatic carbocycles. The van der Waals surface area contributed by atoms with Gasteiger partial charge in [0, 0.05) is 24.7 Å². The van der Waals surface area contributed by atoms with E-state index in [4.69, 9.17) is 18.9 Å². The normalized spacial score (nSPS) is 19.2. The molecule has 2 fully saturated rings. The first-order valence-corrected chi connectivity index (χ1v) is 10.4. The Morgan fingerprint density at radius 3 is 2.36 bits per heavy atom. The summed E-state index contributed by atoms with van der Waals surface area (Å²) in [5.41, 5.74) is 1.51. The van der Waals surface area contributed by atoms with Crippen molar-refractivity contribution in [1.29, 1.82) is 0 Å². The van der Waals surface area contributed by atoms with Crippen LogP contribution in [0.3, 0.4) is 0 Å². The lowest BCUT2D eigenvalue weighted by Crippen LogP contribution is -2.50. The molecule has 0 bridgehead atoms. The van der Waals surface area contributed by atoms with Crippen molar-refractivity contribution in [2.24, 2.45) is 5.41 Å². The van der Waals surface area contributed by atoms with Crippen LogP contribution in [-0.4, -0.2) is 99.4 Å². The van der Waals surface area contributed by atoms with E-state index in [1.165, 1.54) is 12.8 Å². The zero-order valence-corrected chi connectivity index (χ0v) is 17.1. The summed E-state index contributed by atoms with van der Waals surface area (Å²) in [5.74, 6) is 0. The molecular weight excluding hydrogens is 362 g/mol. The third-order valence-corrected chi connectivity index (χ3v) is 5.41. The molecular formula is C19H35N5O4. The molecule has 1 spiro atoms. The largest absolute Gasteiger partial charge is 0.380 e. The van der Waals surface area contributed by atoms with Crippen molar-refractivity contribution < 1.29 is 18.9 Å². The molecule has 9 heteroatoms. The molecule has 1 N–H and O–H groups in total. The Balaban J connectivity index is 1.18. The fourth-order valence-corrected chi connectivity index (χ4v) is 3.49. The lowest BCUT2D eigenvalue weighted by Gasteiger charge is -2.47. The first-order chi connectivity index (χ1) is 13.8. The van der Waals surface area contributed by atoms with Gasteiger partial charge in [0.2, 0.25) is 0 Å². The molecule has 3 heterocycles. The van der Waals surface area contributed by atoms with Gasteiger partial charge >= 0.3 is 0 Å². The minimum absolute atomic E-state index is 0.481. The number of nitrogens with zero attached hydrogens (tertiary/aromatic N) is 4. The van der Waals surface area contributed by atoms with Crippen molar-refractivity contribution in [3.63, 3.8) is 0 Å². The molecule has 0 aliphatic carbocycles. The van der Waals surface area contributed by atoms with Crippen LogP contribution in [0.2, 0.25) is 0 Å². The van der Waals surface area contributed by atoms with Crippen LogP contribution < -0.4 is 5.32 Å². The molecule has 0 saturated carbocycles. The fraction of sp³-hybridized carbons (Fsp3) is 0.895. The smallest absolute Gasteiger partial charge is 0.0967 e. The maximum atomic E-state index is 5.60. The highest BCUT2D eigenvalue weighted by atomic mass is 16.5. The molecule has 2 aliphatic rings. The highest BCUT2D eigenvalue weighted by Crippen LogP contribution is 2.38. The third-order valence-electron chi connectivity index (χ3n) is 5.41. The van der Waals surface area contributed by atoms with Gasteiger partial charge in [0.15, 0.2) is 0 Å². The monoisotopic (exact) mass is 397 g/mol. The second-order valence-corrected chi connectivity index (χ2v) is 7.68. The van der Waals surface area contributed by atoms with Crippen LogP contribution in [0.15, 0.2) is 6.20 Å². The summed E-state index contributed by atoms with van der Waals surface area (Å²) >= 11 is 0. The minimum Gasteiger partial charge on any atom is -0.380 e. The van der Waals surface area contributed by atoms with Gasteiger partial charge in [0.05, 0.1) is 65.1 Å². The predicted molar refractivity (Wildman–Crippen MR) is 104 cm³/mol. The van der Waals surface area contributed by atoms with Crippen LogP contribution in [-0.2, 0) is 32.0 Å². The first-order valence-electron chi connectivity index (χ1n) is 10.4. The van der Waals surface area contributed by atoms with Gasteiger partial charge in [0.1, 0.15) is 0 Å². The number of ether oxygens (including phenoxy) is 4. The summed E-state index contributed by atoms with van der Waals surface area (Å²) in [5, 5.41) is 11.5. The molecule has 1 aromatic rings. The van der Waals surface area contributed by atoms with Crippen LogP contribution >= 0.6 is 0 Å². The van der Waals surface area contributed by atoms with Gasteiger partial charge in [-0.15, -0.1) is 5.10 Å². The minimum atomic E-state index is 0.481. The van der Waals surface area contributed by atoms with Crippen LogP contribution in [0.25, 0.3) is 0 Å². The maximum absolute atomic E-state index is 5.60. The number of likely N-dealkylation sites (tertiary alicyclic amines) is 1. The number of piperidine rings is 1. The number of hydrogen-bond acceptors (Lipinski definition) is 8. The summed E-state index contributed by atoms with van der Waals surface area (Å²) in [7, 11) is 1.91. The molecule has 3 rings (SSSR count). The summed E-state index contributed by atoms with van der Waals surface area (Å²) in [6, 6.07) is 0. The van der Waals surface area contributed by atoms with Crippen molar-refractivity contribution in [3.05, 3.63) is 11.9 Å². The standard InChI is InChI=1S/C19H35N5O4/c1-20-4-8-25-10-12-27-13-11-26-9-7-24-15-18(21-22-24)14-23-5-2-19(3-6-23)16-28-17-19/h15,20H,2-14,16-17H2,1H3. The van der Waals surface area contributed by atoms with Crippen LogP contribution in [0.4, 0.5) is 0 Å². The topological polar surface area (TPSA) is 82.9 Å². The van der Waals surface area contributed by atoms with Crippen LogP contribution in [0.1, 0.15) is 18.5 Å². The molecule has 0 amide bonds. The third kappa shape index (κ3) is 7.06. The average Bonchev–Trinajstić information content (AvgIpc) is 3.13. The molecule has 1 aromatic heterocycles. The van der Waals surface area contributed by atoms with Gasteiger partial charge < -0.3 is 24.3 Å². The lowest BCUT2D eigenvalue weighted by molar-refractivity contribution is -0.140. The Hall–Kier alpha value is -1.10. The van der Waals surface area contributed by atoms with E-state index >= 15 is 0 Å². The van der Waals surface area contributed by atoms with E-state index in [1.54, 1.807) is 0 Å². The highest BCUT2D eigenvalue weighted by molar-refractivity contribution is 4.96. The molecule has 2 aliphatic heterocycles. The molecule has 9 nitrogen and oxygen atoms in total. The number of nitrogens with one attached hydrogen (secondary N) is 1. The average molecular weight is 398 g/mol. The van der Waals surface area contributed by atoms with Crippen molar-refractivity contribution >= 4 is 0 Å². The number of hydrogen-bond donors (Lipinski definition) is 1. The highest BCUT2D eigenvalue weighted by Gasteiger charge is 2.41. The molecule has 0 unspecified atom stereocenters. The van der Waals surface area contributed by atoms with Crippen molar-refractivity contribution in [3.8, 4) is 0 Å². The molecule has 0 radical (unpaired) electrons. The quantitative estimate of drug-likeness (QED) is 0.445. The van der Waals surface area contributed by atoms with E-state index in [2.05, 4.69) is 20.5 Å². The maximum Gasteiger partial charge on any atom is 0.0967 e. The summed E-state index contributed by atoms with van der Waals surface area (Å²) in [4.78, 5) is 2.47. The van der Waals surface area contributed by atoms with E-state index in [0.717, 1.165) is 45.1 Å². The summed E-state index contributed by atoms with van der Waals surface area (Å²) in [6.45, 7) is 10.3. The number of rotatable bonds is 14. The predicted octanol–water partition coefficient (Wildman–Crippen LogP) is 0.160. The molecule has 28 heavy (non-hydrogen) atoms. The van der Waals surface area contributed by atoms with Crippen molar-refractivity contribution in [1.82, 2.24) is 25.2 Å². The first kappa shape index (κ1) is 21.6. The van der Waals surface area contributed by atoms with Crippen molar-refractivity contribution in [2.45, 2.75) is 25.9 Å². The van der Waals surface area contributed by atoms with Gasteiger partial charge in [0.25, 0.3) is 0 Å². The Bertz CT molecular complexity index is 542. The Kier molecular flexibility index (Phi) is 9.10. The van der Waals surface area contributed by atoms with E-state index in [-0.39, 0.29) is 0 Å². The zero-order chi connectivity index (χ0) is 19.5. The van der Waals surface area contributed by atoms with Crippen LogP contribution in [0, 0.1) is 5.41 Å². The van der Waals surface area contributed by atoms with E-state index in [9.17, 15) is 0 Å².